The second kappa shape index (κ2) is 5.45. The molecule has 15 heavy (non-hydrogen) atoms. The highest BCUT2D eigenvalue weighted by Crippen LogP contribution is 2.27. The number of benzene rings is 1. The summed E-state index contributed by atoms with van der Waals surface area (Å²) in [5, 5.41) is 9.93. The monoisotopic (exact) mass is 231 g/mol. The molecule has 0 spiro atoms. The van der Waals surface area contributed by atoms with E-state index in [0.29, 0.717) is 6.42 Å². The van der Waals surface area contributed by atoms with Gasteiger partial charge in [-0.25, -0.2) is 4.39 Å². The molecule has 0 aromatic heterocycles. The van der Waals surface area contributed by atoms with Crippen LogP contribution in [0.15, 0.2) is 18.2 Å². The first kappa shape index (κ1) is 12.4. The quantitative estimate of drug-likeness (QED) is 0.837. The minimum Gasteiger partial charge on any atom is -0.391 e. The van der Waals surface area contributed by atoms with E-state index in [1.54, 1.807) is 6.07 Å². The van der Waals surface area contributed by atoms with E-state index in [9.17, 15) is 9.50 Å². The Kier molecular flexibility index (Phi) is 4.51. The van der Waals surface area contributed by atoms with E-state index < -0.39 is 18.0 Å². The van der Waals surface area contributed by atoms with E-state index in [0.717, 1.165) is 6.42 Å². The lowest BCUT2D eigenvalue weighted by Gasteiger charge is -2.20. The molecule has 0 amide bonds. The Morgan fingerprint density at radius 3 is 2.73 bits per heavy atom. The molecular weight excluding hydrogens is 217 g/mol. The number of nitrogens with two attached hydrogens (primary N) is 1. The van der Waals surface area contributed by atoms with Crippen LogP contribution in [0.2, 0.25) is 5.02 Å². The third kappa shape index (κ3) is 2.91. The van der Waals surface area contributed by atoms with Gasteiger partial charge in [0.2, 0.25) is 0 Å². The minimum atomic E-state index is -0.765. The first-order chi connectivity index (χ1) is 7.07. The zero-order valence-corrected chi connectivity index (χ0v) is 9.34. The van der Waals surface area contributed by atoms with Crippen molar-refractivity contribution in [3.8, 4) is 0 Å². The van der Waals surface area contributed by atoms with Gasteiger partial charge in [-0.05, 0) is 18.6 Å². The van der Waals surface area contributed by atoms with Crippen molar-refractivity contribution in [3.05, 3.63) is 34.6 Å². The maximum absolute atomic E-state index is 13.4. The summed E-state index contributed by atoms with van der Waals surface area (Å²) in [4.78, 5) is 0. The van der Waals surface area contributed by atoms with Gasteiger partial charge in [0.25, 0.3) is 0 Å². The predicted octanol–water partition coefficient (Wildman–Crippen LogP) is 2.64. The van der Waals surface area contributed by atoms with Gasteiger partial charge >= 0.3 is 0 Å². The smallest absolute Gasteiger partial charge is 0.129 e. The number of hydrogen-bond donors (Lipinski definition) is 2. The normalized spacial score (nSPS) is 15.0. The molecule has 4 heteroatoms. The fourth-order valence-corrected chi connectivity index (χ4v) is 1.79. The van der Waals surface area contributed by atoms with Crippen LogP contribution in [0.1, 0.15) is 31.4 Å². The molecule has 1 aromatic rings. The number of hydrogen-bond acceptors (Lipinski definition) is 2. The molecule has 0 radical (unpaired) electrons. The van der Waals surface area contributed by atoms with Crippen LogP contribution >= 0.6 is 11.6 Å². The van der Waals surface area contributed by atoms with E-state index >= 15 is 0 Å². The van der Waals surface area contributed by atoms with Crippen molar-refractivity contribution in [3.63, 3.8) is 0 Å². The van der Waals surface area contributed by atoms with Crippen LogP contribution in [0.5, 0.6) is 0 Å². The van der Waals surface area contributed by atoms with Crippen molar-refractivity contribution in [2.75, 3.05) is 0 Å². The van der Waals surface area contributed by atoms with Gasteiger partial charge in [-0.3, -0.25) is 0 Å². The number of halogens is 2. The van der Waals surface area contributed by atoms with Crippen LogP contribution in [0, 0.1) is 5.82 Å². The predicted molar refractivity (Wildman–Crippen MR) is 59.3 cm³/mol. The Labute approximate surface area is 93.9 Å². The second-order valence-corrected chi connectivity index (χ2v) is 3.92. The topological polar surface area (TPSA) is 46.2 Å². The molecule has 2 atom stereocenters. The van der Waals surface area contributed by atoms with Gasteiger partial charge < -0.3 is 10.8 Å². The van der Waals surface area contributed by atoms with Crippen molar-refractivity contribution in [2.45, 2.75) is 31.9 Å². The van der Waals surface area contributed by atoms with Gasteiger partial charge in [0, 0.05) is 10.6 Å². The standard InChI is InChI=1S/C11H15ClFNO/c1-2-4-9(15)11(14)10-7(12)5-3-6-8(10)13/h3,5-6,9,11,15H,2,4,14H2,1H3/t9-,11-/m0/s1. The zero-order valence-electron chi connectivity index (χ0n) is 8.58. The van der Waals surface area contributed by atoms with Crippen LogP contribution in [0.25, 0.3) is 0 Å². The molecule has 3 N–H and O–H groups in total. The lowest BCUT2D eigenvalue weighted by molar-refractivity contribution is 0.133. The zero-order chi connectivity index (χ0) is 11.4. The average Bonchev–Trinajstić information content (AvgIpc) is 2.17. The molecule has 0 saturated carbocycles. The SMILES string of the molecule is CCC[C@H](O)[C@H](N)c1c(F)cccc1Cl. The molecule has 0 aliphatic carbocycles. The van der Waals surface area contributed by atoms with E-state index in [-0.39, 0.29) is 10.6 Å². The fourth-order valence-electron chi connectivity index (χ4n) is 1.50. The molecular formula is C11H15ClFNO. The minimum absolute atomic E-state index is 0.195. The van der Waals surface area contributed by atoms with Crippen molar-refractivity contribution in [1.29, 1.82) is 0 Å². The van der Waals surface area contributed by atoms with Crippen molar-refractivity contribution >= 4 is 11.6 Å². The number of aliphatic hydroxyl groups is 1. The third-order valence-corrected chi connectivity index (χ3v) is 2.66. The summed E-state index contributed by atoms with van der Waals surface area (Å²) in [5.41, 5.74) is 5.95. The van der Waals surface area contributed by atoms with Gasteiger partial charge in [0.1, 0.15) is 5.82 Å². The first-order valence-corrected chi connectivity index (χ1v) is 5.33. The maximum Gasteiger partial charge on any atom is 0.129 e. The molecule has 1 rings (SSSR count). The van der Waals surface area contributed by atoms with Crippen LogP contribution < -0.4 is 5.73 Å². The second-order valence-electron chi connectivity index (χ2n) is 3.52. The maximum atomic E-state index is 13.4. The molecule has 0 fully saturated rings. The number of rotatable bonds is 4. The van der Waals surface area contributed by atoms with Gasteiger partial charge in [0.15, 0.2) is 0 Å². The molecule has 1 aromatic carbocycles. The largest absolute Gasteiger partial charge is 0.391 e. The number of aliphatic hydroxyl groups excluding tert-OH is 1. The Morgan fingerprint density at radius 2 is 2.20 bits per heavy atom. The van der Waals surface area contributed by atoms with Crippen LogP contribution in [0.4, 0.5) is 4.39 Å². The van der Waals surface area contributed by atoms with E-state index in [1.807, 2.05) is 6.92 Å². The Bertz CT molecular complexity index is 312. The molecule has 0 unspecified atom stereocenters. The summed E-state index contributed by atoms with van der Waals surface area (Å²) >= 11 is 5.84. The Hall–Kier alpha value is -0.640. The summed E-state index contributed by atoms with van der Waals surface area (Å²) in [6.07, 6.45) is 0.566. The Balaban J connectivity index is 2.94. The molecule has 0 heterocycles. The highest BCUT2D eigenvalue weighted by Gasteiger charge is 2.21. The van der Waals surface area contributed by atoms with Crippen LogP contribution in [-0.2, 0) is 0 Å². The lowest BCUT2D eigenvalue weighted by atomic mass is 9.99. The average molecular weight is 232 g/mol. The summed E-state index contributed by atoms with van der Waals surface area (Å²) in [5.74, 6) is -0.467. The van der Waals surface area contributed by atoms with E-state index in [1.165, 1.54) is 12.1 Å². The van der Waals surface area contributed by atoms with Gasteiger partial charge in [-0.2, -0.15) is 0 Å². The highest BCUT2D eigenvalue weighted by molar-refractivity contribution is 6.31. The fraction of sp³-hybridized carbons (Fsp3) is 0.455. The van der Waals surface area contributed by atoms with Crippen LogP contribution in [0.3, 0.4) is 0 Å². The molecule has 0 saturated heterocycles. The summed E-state index contributed by atoms with van der Waals surface area (Å²) in [7, 11) is 0. The summed E-state index contributed by atoms with van der Waals surface area (Å²) in [6, 6.07) is 3.61. The van der Waals surface area contributed by atoms with Gasteiger partial charge in [-0.1, -0.05) is 31.0 Å². The molecule has 0 bridgehead atoms. The Morgan fingerprint density at radius 1 is 1.53 bits per heavy atom. The van der Waals surface area contributed by atoms with Gasteiger partial charge in [0.05, 0.1) is 12.1 Å². The molecule has 2 nitrogen and oxygen atoms in total. The van der Waals surface area contributed by atoms with Crippen molar-refractivity contribution in [1.82, 2.24) is 0 Å². The molecule has 0 aliphatic heterocycles. The molecule has 0 aliphatic rings. The summed E-state index contributed by atoms with van der Waals surface area (Å²) in [6.45, 7) is 1.93. The molecule has 84 valence electrons. The van der Waals surface area contributed by atoms with Crippen LogP contribution in [-0.4, -0.2) is 11.2 Å². The first-order valence-electron chi connectivity index (χ1n) is 4.95. The third-order valence-electron chi connectivity index (χ3n) is 2.33. The van der Waals surface area contributed by atoms with Crippen molar-refractivity contribution < 1.29 is 9.50 Å². The highest BCUT2D eigenvalue weighted by atomic mass is 35.5. The lowest BCUT2D eigenvalue weighted by Crippen LogP contribution is -2.27. The van der Waals surface area contributed by atoms with E-state index in [4.69, 9.17) is 17.3 Å². The summed E-state index contributed by atoms with van der Waals surface area (Å²) < 4.78 is 13.4. The van der Waals surface area contributed by atoms with Gasteiger partial charge in [-0.15, -0.1) is 0 Å². The van der Waals surface area contributed by atoms with E-state index in [2.05, 4.69) is 0 Å². The van der Waals surface area contributed by atoms with Crippen molar-refractivity contribution in [2.24, 2.45) is 5.73 Å².